The average Bonchev–Trinajstić information content (AvgIpc) is 1.84. The lowest BCUT2D eigenvalue weighted by molar-refractivity contribution is 0.148. The van der Waals surface area contributed by atoms with Gasteiger partial charge in [-0.3, -0.25) is 4.18 Å². The van der Waals surface area contributed by atoms with Crippen molar-refractivity contribution in [3.63, 3.8) is 0 Å². The summed E-state index contributed by atoms with van der Waals surface area (Å²) in [7, 11) is 3.81. The Balaban J connectivity index is 3.88. The van der Waals surface area contributed by atoms with Crippen LogP contribution in [0.1, 0.15) is 13.8 Å². The predicted octanol–water partition coefficient (Wildman–Crippen LogP) is 0.383. The van der Waals surface area contributed by atoms with E-state index in [1.165, 1.54) is 0 Å². The molecule has 0 spiro atoms. The first-order valence-electron chi connectivity index (χ1n) is 3.84. The maximum atomic E-state index is 10.1. The van der Waals surface area contributed by atoms with E-state index in [1.54, 1.807) is 0 Å². The van der Waals surface area contributed by atoms with Gasteiger partial charge in [-0.25, -0.2) is 4.21 Å². The second-order valence-corrected chi connectivity index (χ2v) is 3.91. The number of nitrogens with zero attached hydrogens (tertiary/aromatic N) is 1. The van der Waals surface area contributed by atoms with Crippen molar-refractivity contribution in [2.45, 2.75) is 19.9 Å². The molecule has 5 heteroatoms. The summed E-state index contributed by atoms with van der Waals surface area (Å²) in [5, 5.41) is 0. The van der Waals surface area contributed by atoms with Crippen LogP contribution in [0, 0.1) is 5.92 Å². The minimum Gasteiger partial charge on any atom is -0.750 e. The van der Waals surface area contributed by atoms with Crippen molar-refractivity contribution in [2.24, 2.45) is 5.92 Å². The summed E-state index contributed by atoms with van der Waals surface area (Å²) in [6, 6.07) is 0.142. The van der Waals surface area contributed by atoms with Crippen molar-refractivity contribution in [3.8, 4) is 0 Å². The van der Waals surface area contributed by atoms with Crippen LogP contribution in [-0.2, 0) is 15.5 Å². The van der Waals surface area contributed by atoms with Crippen LogP contribution in [-0.4, -0.2) is 40.4 Å². The minimum absolute atomic E-state index is 0.142. The summed E-state index contributed by atoms with van der Waals surface area (Å²) in [6.07, 6.45) is 0. The summed E-state index contributed by atoms with van der Waals surface area (Å²) in [5.74, 6) is 0.378. The van der Waals surface area contributed by atoms with Gasteiger partial charge in [0.2, 0.25) is 0 Å². The molecule has 0 fully saturated rings. The zero-order valence-electron chi connectivity index (χ0n) is 7.94. The summed E-state index contributed by atoms with van der Waals surface area (Å²) in [4.78, 5) is 1.96. The molecule has 12 heavy (non-hydrogen) atoms. The van der Waals surface area contributed by atoms with E-state index in [-0.39, 0.29) is 12.6 Å². The van der Waals surface area contributed by atoms with Crippen molar-refractivity contribution in [2.75, 3.05) is 20.7 Å². The van der Waals surface area contributed by atoms with Gasteiger partial charge in [-0.2, -0.15) is 0 Å². The van der Waals surface area contributed by atoms with E-state index in [1.807, 2.05) is 32.8 Å². The number of hydrogen-bond acceptors (Lipinski definition) is 4. The summed E-state index contributed by atoms with van der Waals surface area (Å²) in [5.41, 5.74) is 0. The van der Waals surface area contributed by atoms with Gasteiger partial charge in [-0.15, -0.1) is 0 Å². The number of rotatable bonds is 5. The summed E-state index contributed by atoms with van der Waals surface area (Å²) < 4.78 is 24.7. The van der Waals surface area contributed by atoms with E-state index < -0.39 is 11.4 Å². The highest BCUT2D eigenvalue weighted by atomic mass is 32.2. The van der Waals surface area contributed by atoms with Crippen LogP contribution in [0.4, 0.5) is 0 Å². The standard InChI is InChI=1S/C7H17NO3S/c1-6(2)7(8(3)4)5-11-12(9)10/h6-7H,5H2,1-4H3,(H,9,10)/p-1. The molecule has 4 nitrogen and oxygen atoms in total. The zero-order valence-corrected chi connectivity index (χ0v) is 8.76. The van der Waals surface area contributed by atoms with E-state index in [0.717, 1.165) is 0 Å². The molecule has 74 valence electrons. The maximum absolute atomic E-state index is 10.1. The summed E-state index contributed by atoms with van der Waals surface area (Å²) in [6.45, 7) is 4.28. The lowest BCUT2D eigenvalue weighted by Gasteiger charge is -2.27. The molecule has 0 heterocycles. The summed E-state index contributed by atoms with van der Waals surface area (Å²) >= 11 is -2.40. The maximum Gasteiger partial charge on any atom is 0.0842 e. The van der Waals surface area contributed by atoms with Gasteiger partial charge >= 0.3 is 0 Å². The third kappa shape index (κ3) is 4.82. The van der Waals surface area contributed by atoms with Gasteiger partial charge in [0.05, 0.1) is 18.0 Å². The van der Waals surface area contributed by atoms with Gasteiger partial charge in [0.1, 0.15) is 0 Å². The topological polar surface area (TPSA) is 52.6 Å². The highest BCUT2D eigenvalue weighted by Gasteiger charge is 2.15. The van der Waals surface area contributed by atoms with Crippen molar-refractivity contribution in [3.05, 3.63) is 0 Å². The fourth-order valence-electron chi connectivity index (χ4n) is 1.06. The molecule has 0 rings (SSSR count). The largest absolute Gasteiger partial charge is 0.750 e. The zero-order chi connectivity index (χ0) is 9.72. The van der Waals surface area contributed by atoms with Crippen molar-refractivity contribution < 1.29 is 12.9 Å². The molecule has 0 aromatic carbocycles. The van der Waals surface area contributed by atoms with Crippen LogP contribution in [0.15, 0.2) is 0 Å². The molecular weight excluding hydrogens is 178 g/mol. The normalized spacial score (nSPS) is 16.9. The molecule has 0 aliphatic heterocycles. The van der Waals surface area contributed by atoms with Gasteiger partial charge < -0.3 is 9.45 Å². The fourth-order valence-corrected chi connectivity index (χ4v) is 1.31. The molecule has 0 radical (unpaired) electrons. The van der Waals surface area contributed by atoms with Gasteiger partial charge in [-0.1, -0.05) is 13.8 Å². The molecule has 0 aromatic heterocycles. The highest BCUT2D eigenvalue weighted by molar-refractivity contribution is 7.74. The molecule has 2 atom stereocenters. The Morgan fingerprint density at radius 1 is 1.50 bits per heavy atom. The van der Waals surface area contributed by atoms with E-state index in [9.17, 15) is 8.76 Å². The van der Waals surface area contributed by atoms with Crippen molar-refractivity contribution >= 4 is 11.4 Å². The lowest BCUT2D eigenvalue weighted by atomic mass is 10.1. The third-order valence-corrected chi connectivity index (χ3v) is 2.10. The molecule has 0 amide bonds. The van der Waals surface area contributed by atoms with Gasteiger partial charge in [0.25, 0.3) is 0 Å². The molecular formula is C7H16NO3S-. The second-order valence-electron chi connectivity index (χ2n) is 3.26. The molecule has 0 N–H and O–H groups in total. The molecule has 0 aliphatic rings. The average molecular weight is 194 g/mol. The highest BCUT2D eigenvalue weighted by Crippen LogP contribution is 2.07. The Bertz CT molecular complexity index is 142. The van der Waals surface area contributed by atoms with Crippen molar-refractivity contribution in [1.29, 1.82) is 0 Å². The predicted molar refractivity (Wildman–Crippen MR) is 47.2 cm³/mol. The number of hydrogen-bond donors (Lipinski definition) is 0. The van der Waals surface area contributed by atoms with Gasteiger partial charge in [-0.05, 0) is 20.0 Å². The SMILES string of the molecule is CC(C)C(COS(=O)[O-])N(C)C. The van der Waals surface area contributed by atoms with Crippen LogP contribution >= 0.6 is 0 Å². The van der Waals surface area contributed by atoms with Crippen LogP contribution in [0.2, 0.25) is 0 Å². The van der Waals surface area contributed by atoms with E-state index in [2.05, 4.69) is 4.18 Å². The van der Waals surface area contributed by atoms with Crippen LogP contribution in [0.3, 0.4) is 0 Å². The molecule has 0 aromatic rings. The van der Waals surface area contributed by atoms with Gasteiger partial charge in [0.15, 0.2) is 0 Å². The molecule has 2 unspecified atom stereocenters. The van der Waals surface area contributed by atoms with Crippen LogP contribution in [0.5, 0.6) is 0 Å². The van der Waals surface area contributed by atoms with Crippen molar-refractivity contribution in [1.82, 2.24) is 4.90 Å². The Morgan fingerprint density at radius 3 is 2.25 bits per heavy atom. The first kappa shape index (κ1) is 12.0. The first-order valence-corrected chi connectivity index (χ1v) is 4.84. The second kappa shape index (κ2) is 5.64. The molecule has 0 saturated carbocycles. The Morgan fingerprint density at radius 2 is 2.00 bits per heavy atom. The molecule has 0 saturated heterocycles. The van der Waals surface area contributed by atoms with E-state index >= 15 is 0 Å². The Labute approximate surface area is 76.4 Å². The minimum atomic E-state index is -2.40. The quantitative estimate of drug-likeness (QED) is 0.594. The van der Waals surface area contributed by atoms with Crippen LogP contribution < -0.4 is 0 Å². The third-order valence-electron chi connectivity index (χ3n) is 1.77. The lowest BCUT2D eigenvalue weighted by Crippen LogP contribution is -2.37. The smallest absolute Gasteiger partial charge is 0.0842 e. The first-order chi connectivity index (χ1) is 5.45. The molecule has 0 aliphatic carbocycles. The van der Waals surface area contributed by atoms with E-state index in [4.69, 9.17) is 0 Å². The van der Waals surface area contributed by atoms with Gasteiger partial charge in [0, 0.05) is 6.04 Å². The monoisotopic (exact) mass is 194 g/mol. The fraction of sp³-hybridized carbons (Fsp3) is 1.00. The number of likely N-dealkylation sites (N-methyl/N-ethyl adjacent to an activating group) is 1. The molecule has 0 bridgehead atoms. The Kier molecular flexibility index (Phi) is 5.65. The Hall–Kier alpha value is 0.0300. The van der Waals surface area contributed by atoms with Crippen LogP contribution in [0.25, 0.3) is 0 Å². The van der Waals surface area contributed by atoms with E-state index in [0.29, 0.717) is 5.92 Å².